The molecule has 26 heavy (non-hydrogen) atoms. The zero-order valence-corrected chi connectivity index (χ0v) is 17.3. The van der Waals surface area contributed by atoms with E-state index in [0.717, 1.165) is 31.9 Å². The molecule has 0 saturated carbocycles. The molecule has 1 saturated heterocycles. The smallest absolute Gasteiger partial charge is 0.356 e. The van der Waals surface area contributed by atoms with Crippen LogP contribution in [0.25, 0.3) is 0 Å². The first-order chi connectivity index (χ1) is 11.9. The van der Waals surface area contributed by atoms with Gasteiger partial charge in [0.2, 0.25) is 0 Å². The van der Waals surface area contributed by atoms with Gasteiger partial charge in [-0.1, -0.05) is 24.3 Å². The highest BCUT2D eigenvalue weighted by Gasteiger charge is 2.34. The van der Waals surface area contributed by atoms with Crippen molar-refractivity contribution >= 4 is 29.9 Å². The molecule has 0 amide bonds. The highest BCUT2D eigenvalue weighted by atomic mass is 127. The van der Waals surface area contributed by atoms with Gasteiger partial charge in [-0.3, -0.25) is 9.89 Å². The number of hydrogen-bond donors (Lipinski definition) is 1. The molecule has 1 atom stereocenters. The summed E-state index contributed by atoms with van der Waals surface area (Å²) in [6, 6.07) is 8.41. The average Bonchev–Trinajstić information content (AvgIpc) is 3.00. The van der Waals surface area contributed by atoms with Crippen molar-refractivity contribution in [3.63, 3.8) is 0 Å². The van der Waals surface area contributed by atoms with E-state index in [9.17, 15) is 13.2 Å². The van der Waals surface area contributed by atoms with E-state index in [-0.39, 0.29) is 29.9 Å². The van der Waals surface area contributed by atoms with Gasteiger partial charge in [0.1, 0.15) is 0 Å². The first kappa shape index (κ1) is 21.3. The third-order valence-electron chi connectivity index (χ3n) is 4.96. The second-order valence-corrected chi connectivity index (χ2v) is 6.87. The minimum atomic E-state index is -4.11. The number of rotatable bonds is 3. The van der Waals surface area contributed by atoms with Crippen LogP contribution in [0, 0.1) is 5.92 Å². The van der Waals surface area contributed by atoms with Crippen LogP contribution in [0.3, 0.4) is 0 Å². The third-order valence-corrected chi connectivity index (χ3v) is 4.96. The molecule has 4 nitrogen and oxygen atoms in total. The molecule has 1 aromatic rings. The first-order valence-electron chi connectivity index (χ1n) is 8.76. The van der Waals surface area contributed by atoms with Crippen LogP contribution in [-0.2, 0) is 13.0 Å². The number of likely N-dealkylation sites (tertiary alicyclic amines) is 1. The number of aliphatic imine (C=N–C) groups is 1. The molecule has 2 aliphatic rings. The standard InChI is InChI=1S/C18H25F3N4.HI/c1-22-17(25-9-7-15-4-2-3-5-16(15)12-25)23-10-14-6-8-24(11-14)13-18(19,20)21;/h2-5,14H,6-13H2,1H3,(H,22,23);1H. The quantitative estimate of drug-likeness (QED) is 0.408. The SMILES string of the molecule is CN=C(NCC1CCN(CC(F)(F)F)C1)N1CCc2ccccc2C1.I. The van der Waals surface area contributed by atoms with Gasteiger partial charge in [-0.15, -0.1) is 24.0 Å². The fraction of sp³-hybridized carbons (Fsp3) is 0.611. The normalized spacial score (nSPS) is 21.3. The van der Waals surface area contributed by atoms with Gasteiger partial charge in [-0.05, 0) is 36.4 Å². The predicted molar refractivity (Wildman–Crippen MR) is 108 cm³/mol. The van der Waals surface area contributed by atoms with Gasteiger partial charge >= 0.3 is 6.18 Å². The maximum absolute atomic E-state index is 12.5. The fourth-order valence-electron chi connectivity index (χ4n) is 3.72. The zero-order chi connectivity index (χ0) is 17.9. The molecule has 8 heteroatoms. The Kier molecular flexibility index (Phi) is 7.57. The van der Waals surface area contributed by atoms with Crippen LogP contribution in [-0.4, -0.2) is 61.7 Å². The Bertz CT molecular complexity index is 621. The molecule has 0 aromatic heterocycles. The monoisotopic (exact) mass is 482 g/mol. The molecule has 2 aliphatic heterocycles. The van der Waals surface area contributed by atoms with Gasteiger partial charge in [-0.2, -0.15) is 13.2 Å². The van der Waals surface area contributed by atoms with E-state index in [2.05, 4.69) is 33.4 Å². The molecule has 1 aromatic carbocycles. The summed E-state index contributed by atoms with van der Waals surface area (Å²) in [4.78, 5) is 8.07. The summed E-state index contributed by atoms with van der Waals surface area (Å²) in [7, 11) is 1.76. The lowest BCUT2D eigenvalue weighted by atomic mass is 10.0. The molecule has 3 rings (SSSR count). The number of benzene rings is 1. The molecular weight excluding hydrogens is 456 g/mol. The summed E-state index contributed by atoms with van der Waals surface area (Å²) >= 11 is 0. The largest absolute Gasteiger partial charge is 0.401 e. The highest BCUT2D eigenvalue weighted by molar-refractivity contribution is 14.0. The molecule has 146 valence electrons. The van der Waals surface area contributed by atoms with Crippen molar-refractivity contribution in [3.8, 4) is 0 Å². The highest BCUT2D eigenvalue weighted by Crippen LogP contribution is 2.23. The van der Waals surface area contributed by atoms with Gasteiger partial charge in [0.15, 0.2) is 5.96 Å². The lowest BCUT2D eigenvalue weighted by Crippen LogP contribution is -2.45. The topological polar surface area (TPSA) is 30.9 Å². The van der Waals surface area contributed by atoms with E-state index in [0.29, 0.717) is 19.6 Å². The third kappa shape index (κ3) is 5.73. The Hall–Kier alpha value is -1.03. The Morgan fingerprint density at radius 1 is 1.23 bits per heavy atom. The summed E-state index contributed by atoms with van der Waals surface area (Å²) in [6.45, 7) is 2.59. The van der Waals surface area contributed by atoms with E-state index < -0.39 is 12.7 Å². The number of fused-ring (bicyclic) bond motifs is 1. The summed E-state index contributed by atoms with van der Waals surface area (Å²) in [5.74, 6) is 1.07. The molecule has 2 heterocycles. The van der Waals surface area contributed by atoms with Crippen LogP contribution < -0.4 is 5.32 Å². The Morgan fingerprint density at radius 2 is 1.96 bits per heavy atom. The maximum atomic E-state index is 12.5. The Labute approximate surface area is 169 Å². The van der Waals surface area contributed by atoms with E-state index >= 15 is 0 Å². The number of halogens is 4. The maximum Gasteiger partial charge on any atom is 0.401 e. The minimum Gasteiger partial charge on any atom is -0.356 e. The molecule has 1 fully saturated rings. The first-order valence-corrected chi connectivity index (χ1v) is 8.76. The average molecular weight is 482 g/mol. The molecule has 1 unspecified atom stereocenters. The zero-order valence-electron chi connectivity index (χ0n) is 14.9. The van der Waals surface area contributed by atoms with Crippen molar-refractivity contribution in [3.05, 3.63) is 35.4 Å². The van der Waals surface area contributed by atoms with Crippen LogP contribution >= 0.6 is 24.0 Å². The summed E-state index contributed by atoms with van der Waals surface area (Å²) in [5, 5.41) is 3.36. The number of nitrogens with zero attached hydrogens (tertiary/aromatic N) is 3. The van der Waals surface area contributed by atoms with Gasteiger partial charge in [0.25, 0.3) is 0 Å². The molecule has 0 aliphatic carbocycles. The number of guanidine groups is 1. The molecule has 0 radical (unpaired) electrons. The van der Waals surface area contributed by atoms with Gasteiger partial charge in [0.05, 0.1) is 6.54 Å². The lowest BCUT2D eigenvalue weighted by molar-refractivity contribution is -0.143. The second-order valence-electron chi connectivity index (χ2n) is 6.87. The number of nitrogens with one attached hydrogen (secondary N) is 1. The van der Waals surface area contributed by atoms with E-state index in [1.165, 1.54) is 16.0 Å². The van der Waals surface area contributed by atoms with Crippen molar-refractivity contribution in [2.75, 3.05) is 39.8 Å². The minimum absolute atomic E-state index is 0. The molecule has 0 bridgehead atoms. The van der Waals surface area contributed by atoms with Crippen molar-refractivity contribution in [2.24, 2.45) is 10.9 Å². The summed E-state index contributed by atoms with van der Waals surface area (Å²) < 4.78 is 37.5. The predicted octanol–water partition coefficient (Wildman–Crippen LogP) is 3.12. The Morgan fingerprint density at radius 3 is 2.65 bits per heavy atom. The number of hydrogen-bond acceptors (Lipinski definition) is 2. The van der Waals surface area contributed by atoms with Gasteiger partial charge in [-0.25, -0.2) is 0 Å². The van der Waals surface area contributed by atoms with Crippen LogP contribution in [0.15, 0.2) is 29.3 Å². The van der Waals surface area contributed by atoms with Crippen molar-refractivity contribution in [1.29, 1.82) is 0 Å². The summed E-state index contributed by atoms with van der Waals surface area (Å²) in [6.07, 6.45) is -2.33. The van der Waals surface area contributed by atoms with E-state index in [1.807, 2.05) is 6.07 Å². The van der Waals surface area contributed by atoms with Crippen LogP contribution in [0.2, 0.25) is 0 Å². The van der Waals surface area contributed by atoms with E-state index in [1.54, 1.807) is 7.05 Å². The second kappa shape index (κ2) is 9.25. The molecule has 0 spiro atoms. The van der Waals surface area contributed by atoms with Crippen LogP contribution in [0.4, 0.5) is 13.2 Å². The fourth-order valence-corrected chi connectivity index (χ4v) is 3.72. The molecule has 1 N–H and O–H groups in total. The Balaban J connectivity index is 0.00000243. The van der Waals surface area contributed by atoms with Gasteiger partial charge in [0, 0.05) is 33.2 Å². The van der Waals surface area contributed by atoms with Crippen LogP contribution in [0.5, 0.6) is 0 Å². The van der Waals surface area contributed by atoms with Crippen LogP contribution in [0.1, 0.15) is 17.5 Å². The molecular formula is C18H26F3IN4. The lowest BCUT2D eigenvalue weighted by Gasteiger charge is -2.32. The van der Waals surface area contributed by atoms with E-state index in [4.69, 9.17) is 0 Å². The van der Waals surface area contributed by atoms with Crippen molar-refractivity contribution in [2.45, 2.75) is 25.6 Å². The van der Waals surface area contributed by atoms with Gasteiger partial charge < -0.3 is 10.2 Å². The summed E-state index contributed by atoms with van der Waals surface area (Å²) in [5.41, 5.74) is 2.70. The van der Waals surface area contributed by atoms with Crippen molar-refractivity contribution < 1.29 is 13.2 Å². The number of alkyl halides is 3. The van der Waals surface area contributed by atoms with Crippen molar-refractivity contribution in [1.82, 2.24) is 15.1 Å².